The second-order valence-corrected chi connectivity index (χ2v) is 5.46. The Morgan fingerprint density at radius 3 is 2.33 bits per heavy atom. The lowest BCUT2D eigenvalue weighted by Crippen LogP contribution is -2.37. The summed E-state index contributed by atoms with van der Waals surface area (Å²) in [6.45, 7) is 6.39. The fourth-order valence-corrected chi connectivity index (χ4v) is 2.31. The second kappa shape index (κ2) is 4.10. The molecule has 1 rings (SSSR count). The molecule has 1 aliphatic rings. The summed E-state index contributed by atoms with van der Waals surface area (Å²) in [5, 5.41) is 1.14. The van der Waals surface area contributed by atoms with Gasteiger partial charge in [-0.1, -0.05) is 15.9 Å². The average Bonchev–Trinajstić information content (AvgIpc) is 1.80. The molecule has 0 N–H and O–H groups in total. The molecule has 0 bridgehead atoms. The SMILES string of the molecule is CC(C)(C)OC1CC(CCBr)C1. The molecule has 0 heterocycles. The first-order valence-corrected chi connectivity index (χ1v) is 5.87. The molecule has 2 heteroatoms. The smallest absolute Gasteiger partial charge is 0.0602 e. The number of alkyl halides is 1. The fraction of sp³-hybridized carbons (Fsp3) is 1.00. The van der Waals surface area contributed by atoms with Crippen molar-refractivity contribution in [1.82, 2.24) is 0 Å². The largest absolute Gasteiger partial charge is 0.373 e. The molecule has 0 unspecified atom stereocenters. The first-order chi connectivity index (χ1) is 5.51. The topological polar surface area (TPSA) is 9.23 Å². The van der Waals surface area contributed by atoms with Crippen molar-refractivity contribution in [2.45, 2.75) is 51.7 Å². The van der Waals surface area contributed by atoms with Crippen molar-refractivity contribution in [3.8, 4) is 0 Å². The lowest BCUT2D eigenvalue weighted by molar-refractivity contribution is -0.112. The van der Waals surface area contributed by atoms with Crippen LogP contribution in [0.25, 0.3) is 0 Å². The van der Waals surface area contributed by atoms with Crippen LogP contribution in [-0.2, 0) is 4.74 Å². The minimum Gasteiger partial charge on any atom is -0.373 e. The van der Waals surface area contributed by atoms with Gasteiger partial charge >= 0.3 is 0 Å². The maximum Gasteiger partial charge on any atom is 0.0602 e. The Morgan fingerprint density at radius 2 is 1.92 bits per heavy atom. The van der Waals surface area contributed by atoms with E-state index in [9.17, 15) is 0 Å². The van der Waals surface area contributed by atoms with Crippen LogP contribution in [0.15, 0.2) is 0 Å². The van der Waals surface area contributed by atoms with Crippen LogP contribution >= 0.6 is 15.9 Å². The minimum absolute atomic E-state index is 0.0457. The third-order valence-corrected chi connectivity index (χ3v) is 2.69. The summed E-state index contributed by atoms with van der Waals surface area (Å²) in [5.74, 6) is 0.914. The highest BCUT2D eigenvalue weighted by molar-refractivity contribution is 9.09. The molecule has 0 amide bonds. The van der Waals surface area contributed by atoms with E-state index in [1.54, 1.807) is 0 Å². The summed E-state index contributed by atoms with van der Waals surface area (Å²) in [6, 6.07) is 0. The zero-order valence-corrected chi connectivity index (χ0v) is 9.86. The third-order valence-electron chi connectivity index (χ3n) is 2.23. The number of hydrogen-bond donors (Lipinski definition) is 0. The van der Waals surface area contributed by atoms with Gasteiger partial charge in [-0.05, 0) is 46.0 Å². The van der Waals surface area contributed by atoms with Gasteiger partial charge in [-0.2, -0.15) is 0 Å². The summed E-state index contributed by atoms with van der Waals surface area (Å²) in [5.41, 5.74) is 0.0457. The molecule has 1 nitrogen and oxygen atoms in total. The van der Waals surface area contributed by atoms with E-state index >= 15 is 0 Å². The maximum atomic E-state index is 5.83. The predicted molar refractivity (Wildman–Crippen MR) is 55.8 cm³/mol. The number of halogens is 1. The first-order valence-electron chi connectivity index (χ1n) is 4.75. The van der Waals surface area contributed by atoms with Crippen molar-refractivity contribution in [1.29, 1.82) is 0 Å². The van der Waals surface area contributed by atoms with Crippen LogP contribution in [0.5, 0.6) is 0 Å². The minimum atomic E-state index is 0.0457. The Labute approximate surface area is 84.0 Å². The van der Waals surface area contributed by atoms with Crippen LogP contribution in [-0.4, -0.2) is 17.0 Å². The van der Waals surface area contributed by atoms with Gasteiger partial charge in [0.2, 0.25) is 0 Å². The summed E-state index contributed by atoms with van der Waals surface area (Å²) in [6.07, 6.45) is 4.38. The summed E-state index contributed by atoms with van der Waals surface area (Å²) in [7, 11) is 0. The van der Waals surface area contributed by atoms with Crippen LogP contribution in [0.1, 0.15) is 40.0 Å². The van der Waals surface area contributed by atoms with Crippen LogP contribution in [0.2, 0.25) is 0 Å². The van der Waals surface area contributed by atoms with Crippen LogP contribution in [0.3, 0.4) is 0 Å². The van der Waals surface area contributed by atoms with E-state index in [0.717, 1.165) is 11.2 Å². The highest BCUT2D eigenvalue weighted by atomic mass is 79.9. The first kappa shape index (κ1) is 10.5. The molecule has 0 aromatic rings. The molecule has 0 radical (unpaired) electrons. The van der Waals surface area contributed by atoms with Crippen molar-refractivity contribution in [2.75, 3.05) is 5.33 Å². The Bertz CT molecular complexity index is 133. The lowest BCUT2D eigenvalue weighted by atomic mass is 9.80. The summed E-state index contributed by atoms with van der Waals surface area (Å²) in [4.78, 5) is 0. The van der Waals surface area contributed by atoms with E-state index in [1.807, 2.05) is 0 Å². The van der Waals surface area contributed by atoms with Gasteiger partial charge in [0.1, 0.15) is 0 Å². The highest BCUT2D eigenvalue weighted by Crippen LogP contribution is 2.35. The normalized spacial score (nSPS) is 30.0. The molecular formula is C10H19BrO. The molecule has 0 aliphatic heterocycles. The second-order valence-electron chi connectivity index (χ2n) is 4.67. The van der Waals surface area contributed by atoms with Crippen LogP contribution in [0, 0.1) is 5.92 Å². The van der Waals surface area contributed by atoms with E-state index in [1.165, 1.54) is 19.3 Å². The Balaban J connectivity index is 2.10. The van der Waals surface area contributed by atoms with Crippen molar-refractivity contribution >= 4 is 15.9 Å². The zero-order valence-electron chi connectivity index (χ0n) is 8.27. The molecule has 12 heavy (non-hydrogen) atoms. The van der Waals surface area contributed by atoms with Gasteiger partial charge in [-0.15, -0.1) is 0 Å². The molecule has 1 saturated carbocycles. The molecule has 0 atom stereocenters. The van der Waals surface area contributed by atoms with Gasteiger partial charge in [-0.3, -0.25) is 0 Å². The number of rotatable bonds is 3. The maximum absolute atomic E-state index is 5.83. The molecule has 0 spiro atoms. The van der Waals surface area contributed by atoms with Gasteiger partial charge in [0, 0.05) is 5.33 Å². The molecular weight excluding hydrogens is 216 g/mol. The average molecular weight is 235 g/mol. The van der Waals surface area contributed by atoms with Gasteiger partial charge in [0.25, 0.3) is 0 Å². The molecule has 1 fully saturated rings. The summed E-state index contributed by atoms with van der Waals surface area (Å²) >= 11 is 3.47. The van der Waals surface area contributed by atoms with Crippen molar-refractivity contribution in [3.05, 3.63) is 0 Å². The van der Waals surface area contributed by atoms with Gasteiger partial charge in [0.05, 0.1) is 11.7 Å². The highest BCUT2D eigenvalue weighted by Gasteiger charge is 2.31. The standard InChI is InChI=1S/C10H19BrO/c1-10(2,3)12-9-6-8(7-9)4-5-11/h8-9H,4-7H2,1-3H3. The number of ether oxygens (including phenoxy) is 1. The van der Waals surface area contributed by atoms with E-state index < -0.39 is 0 Å². The Kier molecular flexibility index (Phi) is 3.59. The van der Waals surface area contributed by atoms with E-state index in [4.69, 9.17) is 4.74 Å². The molecule has 72 valence electrons. The number of hydrogen-bond acceptors (Lipinski definition) is 1. The van der Waals surface area contributed by atoms with Crippen molar-refractivity contribution in [2.24, 2.45) is 5.92 Å². The summed E-state index contributed by atoms with van der Waals surface area (Å²) < 4.78 is 5.83. The van der Waals surface area contributed by atoms with Crippen molar-refractivity contribution < 1.29 is 4.74 Å². The van der Waals surface area contributed by atoms with E-state index in [2.05, 4.69) is 36.7 Å². The zero-order chi connectivity index (χ0) is 9.19. The van der Waals surface area contributed by atoms with E-state index in [0.29, 0.717) is 6.10 Å². The van der Waals surface area contributed by atoms with Gasteiger partial charge in [0.15, 0.2) is 0 Å². The lowest BCUT2D eigenvalue weighted by Gasteiger charge is -2.39. The monoisotopic (exact) mass is 234 g/mol. The molecule has 1 aliphatic carbocycles. The van der Waals surface area contributed by atoms with E-state index in [-0.39, 0.29) is 5.60 Å². The quantitative estimate of drug-likeness (QED) is 0.681. The van der Waals surface area contributed by atoms with Gasteiger partial charge < -0.3 is 4.74 Å². The molecule has 0 aromatic carbocycles. The molecule has 0 aromatic heterocycles. The molecule has 0 saturated heterocycles. The Hall–Kier alpha value is 0.440. The Morgan fingerprint density at radius 1 is 1.33 bits per heavy atom. The van der Waals surface area contributed by atoms with Crippen molar-refractivity contribution in [3.63, 3.8) is 0 Å². The predicted octanol–water partition coefficient (Wildman–Crippen LogP) is 3.37. The van der Waals surface area contributed by atoms with Crippen LogP contribution < -0.4 is 0 Å². The third kappa shape index (κ3) is 3.44. The van der Waals surface area contributed by atoms with Gasteiger partial charge in [-0.25, -0.2) is 0 Å². The fourth-order valence-electron chi connectivity index (χ4n) is 1.66. The van der Waals surface area contributed by atoms with Crippen LogP contribution in [0.4, 0.5) is 0 Å².